The molecule has 0 bridgehead atoms. The minimum Gasteiger partial charge on any atom is -0.462 e. The molecule has 0 amide bonds. The fourth-order valence-electron chi connectivity index (χ4n) is 9.81. The van der Waals surface area contributed by atoms with Crippen LogP contribution in [-0.2, 0) is 57.0 Å². The molecular formula is C46H79NO18. The Morgan fingerprint density at radius 1 is 0.862 bits per heavy atom. The first kappa shape index (κ1) is 55.5. The third-order valence-corrected chi connectivity index (χ3v) is 14.0. The molecule has 0 aliphatic carbocycles. The highest BCUT2D eigenvalue weighted by Crippen LogP contribution is 2.38. The lowest BCUT2D eigenvalue weighted by Crippen LogP contribution is -2.65. The molecule has 3 fully saturated rings. The summed E-state index contributed by atoms with van der Waals surface area (Å²) in [5.41, 5.74) is -1.07. The predicted molar refractivity (Wildman–Crippen MR) is 232 cm³/mol. The van der Waals surface area contributed by atoms with Crippen molar-refractivity contribution in [3.63, 3.8) is 0 Å². The molecule has 0 aromatic carbocycles. The minimum absolute atomic E-state index is 0.0456. The van der Waals surface area contributed by atoms with Crippen molar-refractivity contribution >= 4 is 18.0 Å². The number of aldehydes is 1. The summed E-state index contributed by atoms with van der Waals surface area (Å²) in [5, 5.41) is 67.6. The van der Waals surface area contributed by atoms with E-state index in [1.807, 2.05) is 0 Å². The summed E-state index contributed by atoms with van der Waals surface area (Å²) in [6.07, 6.45) is -14.1. The Morgan fingerprint density at radius 3 is 2.09 bits per heavy atom. The summed E-state index contributed by atoms with van der Waals surface area (Å²) < 4.78 is 54.5. The molecule has 0 radical (unpaired) electrons. The van der Waals surface area contributed by atoms with E-state index in [9.17, 15) is 45.0 Å². The molecule has 0 aromatic heterocycles. The Labute approximate surface area is 383 Å². The van der Waals surface area contributed by atoms with E-state index in [4.69, 9.17) is 42.6 Å². The van der Waals surface area contributed by atoms with Gasteiger partial charge in [0.2, 0.25) is 0 Å². The Balaban J connectivity index is 1.63. The van der Waals surface area contributed by atoms with E-state index in [0.29, 0.717) is 11.9 Å². The molecule has 2 unspecified atom stereocenters. The van der Waals surface area contributed by atoms with Crippen LogP contribution in [0.3, 0.4) is 0 Å². The van der Waals surface area contributed by atoms with Gasteiger partial charge < -0.3 is 83.0 Å². The van der Waals surface area contributed by atoms with Crippen LogP contribution in [0.15, 0.2) is 11.6 Å². The average molecular weight is 934 g/mol. The van der Waals surface area contributed by atoms with Crippen LogP contribution >= 0.6 is 0 Å². The Kier molecular flexibility index (Phi) is 20.9. The molecule has 65 heavy (non-hydrogen) atoms. The highest BCUT2D eigenvalue weighted by Gasteiger charge is 2.52. The summed E-state index contributed by atoms with van der Waals surface area (Å²) >= 11 is 0. The average Bonchev–Trinajstić information content (AvgIpc) is 3.24. The number of rotatable bonds is 13. The van der Waals surface area contributed by atoms with E-state index in [0.717, 1.165) is 0 Å². The summed E-state index contributed by atoms with van der Waals surface area (Å²) in [6, 6.07) is -0.763. The Bertz CT molecular complexity index is 1550. The number of aliphatic hydroxyl groups is 6. The van der Waals surface area contributed by atoms with Gasteiger partial charge in [0.1, 0.15) is 54.8 Å². The van der Waals surface area contributed by atoms with E-state index in [-0.39, 0.29) is 44.5 Å². The highest BCUT2D eigenvalue weighted by atomic mass is 16.7. The van der Waals surface area contributed by atoms with Crippen molar-refractivity contribution in [3.8, 4) is 0 Å². The van der Waals surface area contributed by atoms with Crippen molar-refractivity contribution in [2.24, 2.45) is 23.7 Å². The second-order valence-electron chi connectivity index (χ2n) is 19.2. The zero-order valence-corrected chi connectivity index (χ0v) is 40.3. The van der Waals surface area contributed by atoms with Gasteiger partial charge in [-0.1, -0.05) is 26.8 Å². The molecule has 19 heteroatoms. The number of aliphatic hydroxyl groups excluding tert-OH is 5. The number of nitrogens with zero attached hydrogens (tertiary/aromatic N) is 1. The van der Waals surface area contributed by atoms with E-state index in [1.54, 1.807) is 73.5 Å². The zero-order valence-electron chi connectivity index (χ0n) is 40.3. The summed E-state index contributed by atoms with van der Waals surface area (Å²) in [6.45, 7) is 13.1. The first-order valence-corrected chi connectivity index (χ1v) is 23.1. The van der Waals surface area contributed by atoms with E-state index < -0.39 is 146 Å². The normalized spacial score (nSPS) is 46.3. The number of ether oxygens (including phenoxy) is 9. The second-order valence-corrected chi connectivity index (χ2v) is 19.2. The summed E-state index contributed by atoms with van der Waals surface area (Å²) in [5.74, 6) is -4.06. The molecule has 6 N–H and O–H groups in total. The molecule has 0 spiro atoms. The lowest BCUT2D eigenvalue weighted by Gasteiger charge is -2.50. The number of methoxy groups -OCH3 is 2. The molecule has 22 atom stereocenters. The third kappa shape index (κ3) is 13.6. The number of carbonyl (C=O) groups excluding carboxylic acids is 3. The molecule has 4 aliphatic rings. The summed E-state index contributed by atoms with van der Waals surface area (Å²) in [4.78, 5) is 41.7. The van der Waals surface area contributed by atoms with Crippen LogP contribution in [0.4, 0.5) is 0 Å². The lowest BCUT2D eigenvalue weighted by molar-refractivity contribution is -0.341. The number of esters is 1. The fraction of sp³-hybridized carbons (Fsp3) is 0.891. The van der Waals surface area contributed by atoms with Crippen molar-refractivity contribution in [3.05, 3.63) is 11.6 Å². The molecule has 0 saturated carbocycles. The van der Waals surface area contributed by atoms with Crippen LogP contribution in [-0.4, -0.2) is 198 Å². The predicted octanol–water partition coefficient (Wildman–Crippen LogP) is 1.03. The maximum atomic E-state index is 13.8. The molecule has 376 valence electrons. The number of hydrogen-bond donors (Lipinski definition) is 6. The van der Waals surface area contributed by atoms with Crippen molar-refractivity contribution in [1.82, 2.24) is 4.90 Å². The Hall–Kier alpha value is -2.05. The quantitative estimate of drug-likeness (QED) is 0.0856. The molecule has 4 aliphatic heterocycles. The SMILES string of the molecule is CCC1OC(=O)C[C@@H](O)[C@H](C)C(O[C@@H]2O[C@H](C)[C@@H](O[C@H]3C[C@@](C)(O)[C@@H](O)[C@H](C)O3)[C@H](N(C)C)[C@H]2O)[C@@H](CC=O)C[C@@H](C)C(=O)C/C=C(\C)[C@H](O)[C@@H]1CO[C@@H]1O[C@H](C)[C@@H](O)[C@@H](OC)[C@H]1OC. The molecule has 4 rings (SSSR count). The van der Waals surface area contributed by atoms with Gasteiger partial charge in [0.05, 0.1) is 61.3 Å². The number of Topliss-reactive ketones (excluding diaryl/α,β-unsaturated/α-hetero) is 1. The lowest BCUT2D eigenvalue weighted by atomic mass is 9.79. The van der Waals surface area contributed by atoms with Crippen LogP contribution in [0.2, 0.25) is 0 Å². The van der Waals surface area contributed by atoms with Crippen LogP contribution < -0.4 is 0 Å². The maximum absolute atomic E-state index is 13.8. The fourth-order valence-corrected chi connectivity index (χ4v) is 9.81. The largest absolute Gasteiger partial charge is 0.462 e. The monoisotopic (exact) mass is 934 g/mol. The van der Waals surface area contributed by atoms with Crippen LogP contribution in [0.25, 0.3) is 0 Å². The van der Waals surface area contributed by atoms with E-state index in [2.05, 4.69) is 0 Å². The van der Waals surface area contributed by atoms with Gasteiger partial charge >= 0.3 is 5.97 Å². The standard InChI is InChI=1S/C46H79NO18/c1-13-32-29(21-59-45-42(58-12)41(57-11)37(53)25(5)61-45)36(52)22(2)14-15-30(49)23(3)18-28(16-17-48)39(24(4)31(50)19-33(51)63-32)65-44-38(54)35(47(9)10)40(26(6)62-44)64-34-20-46(8,56)43(55)27(7)60-34/h14,17,23-29,31-32,34-45,50,52-56H,13,15-16,18-21H2,1-12H3/b22-14+/t23-,24+,25-,26-,27+,28+,29-,31-,32?,34+,35-,36+,37-,38-,39?,40-,41-,42-,43+,44+,45-,46-/m1/s1. The second kappa shape index (κ2) is 24.5. The summed E-state index contributed by atoms with van der Waals surface area (Å²) in [7, 11) is 6.35. The number of likely N-dealkylation sites (N-methyl/N-ethyl adjacent to an activating group) is 1. The van der Waals surface area contributed by atoms with Gasteiger partial charge in [-0.3, -0.25) is 9.59 Å². The van der Waals surface area contributed by atoms with Gasteiger partial charge in [0.25, 0.3) is 0 Å². The number of allylic oxidation sites excluding steroid dienone is 1. The molecule has 0 aromatic rings. The van der Waals surface area contributed by atoms with E-state index in [1.165, 1.54) is 21.1 Å². The number of hydrogen-bond acceptors (Lipinski definition) is 19. The van der Waals surface area contributed by atoms with E-state index >= 15 is 0 Å². The zero-order chi connectivity index (χ0) is 48.7. The topological polar surface area (TPSA) is 259 Å². The van der Waals surface area contributed by atoms with Crippen molar-refractivity contribution in [2.75, 3.05) is 34.9 Å². The molecule has 3 saturated heterocycles. The van der Waals surface area contributed by atoms with Gasteiger partial charge in [-0.2, -0.15) is 0 Å². The number of cyclic esters (lactones) is 1. The van der Waals surface area contributed by atoms with Crippen LogP contribution in [0.1, 0.15) is 93.9 Å². The third-order valence-electron chi connectivity index (χ3n) is 14.0. The maximum Gasteiger partial charge on any atom is 0.308 e. The Morgan fingerprint density at radius 2 is 1.51 bits per heavy atom. The van der Waals surface area contributed by atoms with Gasteiger partial charge in [0.15, 0.2) is 18.9 Å². The highest BCUT2D eigenvalue weighted by molar-refractivity contribution is 5.82. The number of ketones is 1. The molecule has 4 heterocycles. The first-order chi connectivity index (χ1) is 30.5. The van der Waals surface area contributed by atoms with Crippen LogP contribution in [0, 0.1) is 23.7 Å². The van der Waals surface area contributed by atoms with Gasteiger partial charge in [-0.25, -0.2) is 0 Å². The molecular weight excluding hydrogens is 854 g/mol. The van der Waals surface area contributed by atoms with Gasteiger partial charge in [-0.05, 0) is 73.0 Å². The van der Waals surface area contributed by atoms with Crippen LogP contribution in [0.5, 0.6) is 0 Å². The van der Waals surface area contributed by atoms with Gasteiger partial charge in [0, 0.05) is 51.2 Å². The first-order valence-electron chi connectivity index (χ1n) is 23.1. The smallest absolute Gasteiger partial charge is 0.308 e. The van der Waals surface area contributed by atoms with Gasteiger partial charge in [-0.15, -0.1) is 0 Å². The van der Waals surface area contributed by atoms with Crippen molar-refractivity contribution < 1.29 is 87.7 Å². The van der Waals surface area contributed by atoms with Crippen molar-refractivity contribution in [2.45, 2.75) is 204 Å². The number of carbonyl (C=O) groups is 3. The van der Waals surface area contributed by atoms with Crippen molar-refractivity contribution in [1.29, 1.82) is 0 Å². The molecule has 19 nitrogen and oxygen atoms in total. The minimum atomic E-state index is -1.50.